The second-order valence-corrected chi connectivity index (χ2v) is 6.29. The molecular weight excluding hydrogens is 382 g/mol. The molecule has 0 saturated carbocycles. The smallest absolute Gasteiger partial charge is 0.276 e. The molecule has 0 aliphatic rings. The summed E-state index contributed by atoms with van der Waals surface area (Å²) >= 11 is 3.45. The predicted molar refractivity (Wildman–Crippen MR) is 100 cm³/mol. The van der Waals surface area contributed by atoms with E-state index >= 15 is 0 Å². The van der Waals surface area contributed by atoms with Gasteiger partial charge < -0.3 is 10.6 Å². The molecule has 0 bridgehead atoms. The quantitative estimate of drug-likeness (QED) is 0.684. The first-order chi connectivity index (χ1) is 12.1. The number of pyridine rings is 1. The standard InChI is InChI=1S/C18H16BrN5O/c1-12-2-3-14(10-15(12)19)22-18(25)16-4-5-17(24-23-16)21-11-13-6-8-20-9-7-13/h2-10H,11H2,1H3,(H,21,24)(H,22,25). The van der Waals surface area contributed by atoms with E-state index in [2.05, 4.69) is 41.7 Å². The van der Waals surface area contributed by atoms with Crippen LogP contribution >= 0.6 is 15.9 Å². The molecule has 2 heterocycles. The van der Waals surface area contributed by atoms with Crippen LogP contribution < -0.4 is 10.6 Å². The fourth-order valence-electron chi connectivity index (χ4n) is 2.11. The summed E-state index contributed by atoms with van der Waals surface area (Å²) in [5.41, 5.74) is 3.14. The summed E-state index contributed by atoms with van der Waals surface area (Å²) in [6, 6.07) is 12.8. The normalized spacial score (nSPS) is 10.3. The Kier molecular flexibility index (Phi) is 5.35. The van der Waals surface area contributed by atoms with Crippen LogP contribution in [-0.4, -0.2) is 21.1 Å². The molecule has 0 spiro atoms. The maximum absolute atomic E-state index is 12.2. The number of rotatable bonds is 5. The Hall–Kier alpha value is -2.80. The van der Waals surface area contributed by atoms with Crippen LogP contribution in [-0.2, 0) is 6.54 Å². The second kappa shape index (κ2) is 7.85. The predicted octanol–water partition coefficient (Wildman–Crippen LogP) is 3.81. The van der Waals surface area contributed by atoms with Gasteiger partial charge >= 0.3 is 0 Å². The largest absolute Gasteiger partial charge is 0.365 e. The fourth-order valence-corrected chi connectivity index (χ4v) is 2.49. The minimum absolute atomic E-state index is 0.256. The van der Waals surface area contributed by atoms with E-state index in [9.17, 15) is 4.79 Å². The number of amides is 1. The van der Waals surface area contributed by atoms with Crippen LogP contribution in [0.3, 0.4) is 0 Å². The zero-order valence-electron chi connectivity index (χ0n) is 13.5. The van der Waals surface area contributed by atoms with Gasteiger partial charge in [0.25, 0.3) is 5.91 Å². The van der Waals surface area contributed by atoms with Crippen molar-refractivity contribution in [3.63, 3.8) is 0 Å². The van der Waals surface area contributed by atoms with Crippen LogP contribution in [0.5, 0.6) is 0 Å². The van der Waals surface area contributed by atoms with Crippen molar-refractivity contribution in [2.24, 2.45) is 0 Å². The number of aryl methyl sites for hydroxylation is 1. The van der Waals surface area contributed by atoms with Gasteiger partial charge in [0.2, 0.25) is 0 Å². The van der Waals surface area contributed by atoms with Crippen LogP contribution in [0.2, 0.25) is 0 Å². The lowest BCUT2D eigenvalue weighted by Gasteiger charge is -2.07. The lowest BCUT2D eigenvalue weighted by molar-refractivity contribution is 0.102. The Bertz CT molecular complexity index is 868. The van der Waals surface area contributed by atoms with Crippen LogP contribution in [0, 0.1) is 6.92 Å². The minimum Gasteiger partial charge on any atom is -0.365 e. The van der Waals surface area contributed by atoms with Crippen LogP contribution in [0.25, 0.3) is 0 Å². The molecule has 3 rings (SSSR count). The Labute approximate surface area is 153 Å². The third kappa shape index (κ3) is 4.60. The van der Waals surface area contributed by atoms with Gasteiger partial charge in [-0.25, -0.2) is 0 Å². The molecule has 1 aromatic carbocycles. The highest BCUT2D eigenvalue weighted by Gasteiger charge is 2.09. The van der Waals surface area contributed by atoms with Gasteiger partial charge in [0, 0.05) is 29.1 Å². The third-order valence-corrected chi connectivity index (χ3v) is 4.40. The minimum atomic E-state index is -0.302. The number of nitrogens with zero attached hydrogens (tertiary/aromatic N) is 3. The fraction of sp³-hybridized carbons (Fsp3) is 0.111. The van der Waals surface area contributed by atoms with E-state index in [1.54, 1.807) is 24.5 Å². The molecule has 2 aromatic heterocycles. The average Bonchev–Trinajstić information content (AvgIpc) is 2.64. The lowest BCUT2D eigenvalue weighted by Crippen LogP contribution is -2.15. The molecule has 0 unspecified atom stereocenters. The maximum atomic E-state index is 12.2. The van der Waals surface area contributed by atoms with E-state index in [1.165, 1.54) is 0 Å². The summed E-state index contributed by atoms with van der Waals surface area (Å²) < 4.78 is 0.937. The van der Waals surface area contributed by atoms with Crippen molar-refractivity contribution in [3.05, 3.63) is 76.2 Å². The monoisotopic (exact) mass is 397 g/mol. The van der Waals surface area contributed by atoms with Gasteiger partial charge in [-0.15, -0.1) is 10.2 Å². The Morgan fingerprint density at radius 1 is 1.08 bits per heavy atom. The summed E-state index contributed by atoms with van der Waals surface area (Å²) in [7, 11) is 0. The Morgan fingerprint density at radius 2 is 1.88 bits per heavy atom. The van der Waals surface area contributed by atoms with Crippen molar-refractivity contribution in [2.75, 3.05) is 10.6 Å². The van der Waals surface area contributed by atoms with E-state index in [0.29, 0.717) is 18.1 Å². The van der Waals surface area contributed by atoms with E-state index in [4.69, 9.17) is 0 Å². The van der Waals surface area contributed by atoms with E-state index in [-0.39, 0.29) is 11.6 Å². The lowest BCUT2D eigenvalue weighted by atomic mass is 10.2. The Balaban J connectivity index is 1.61. The molecule has 1 amide bonds. The first-order valence-electron chi connectivity index (χ1n) is 7.66. The second-order valence-electron chi connectivity index (χ2n) is 5.43. The highest BCUT2D eigenvalue weighted by molar-refractivity contribution is 9.10. The van der Waals surface area contributed by atoms with Crippen molar-refractivity contribution in [1.82, 2.24) is 15.2 Å². The first kappa shape index (κ1) is 17.0. The van der Waals surface area contributed by atoms with Crippen LogP contribution in [0.15, 0.2) is 59.3 Å². The van der Waals surface area contributed by atoms with E-state index in [0.717, 1.165) is 15.6 Å². The molecule has 3 aromatic rings. The number of carbonyl (C=O) groups is 1. The molecule has 126 valence electrons. The van der Waals surface area contributed by atoms with Crippen LogP contribution in [0.4, 0.5) is 11.5 Å². The number of hydrogen-bond acceptors (Lipinski definition) is 5. The molecule has 0 aliphatic heterocycles. The van der Waals surface area contributed by atoms with Crippen molar-refractivity contribution in [3.8, 4) is 0 Å². The molecule has 7 heteroatoms. The van der Waals surface area contributed by atoms with Gasteiger partial charge in [0.05, 0.1) is 0 Å². The molecule has 0 atom stereocenters. The molecule has 0 saturated heterocycles. The zero-order chi connectivity index (χ0) is 17.6. The summed E-state index contributed by atoms with van der Waals surface area (Å²) in [6.07, 6.45) is 3.47. The molecule has 0 aliphatic carbocycles. The van der Waals surface area contributed by atoms with Crippen molar-refractivity contribution in [2.45, 2.75) is 13.5 Å². The van der Waals surface area contributed by atoms with Gasteiger partial charge in [-0.1, -0.05) is 22.0 Å². The zero-order valence-corrected chi connectivity index (χ0v) is 15.1. The average molecular weight is 398 g/mol. The van der Waals surface area contributed by atoms with Crippen LogP contribution in [0.1, 0.15) is 21.6 Å². The first-order valence-corrected chi connectivity index (χ1v) is 8.45. The highest BCUT2D eigenvalue weighted by Crippen LogP contribution is 2.21. The third-order valence-electron chi connectivity index (χ3n) is 3.55. The number of halogens is 1. The van der Waals surface area contributed by atoms with Crippen molar-refractivity contribution < 1.29 is 4.79 Å². The van der Waals surface area contributed by atoms with Crippen molar-refractivity contribution in [1.29, 1.82) is 0 Å². The topological polar surface area (TPSA) is 79.8 Å². The van der Waals surface area contributed by atoms with Gasteiger partial charge in [-0.3, -0.25) is 9.78 Å². The number of hydrogen-bond donors (Lipinski definition) is 2. The SMILES string of the molecule is Cc1ccc(NC(=O)c2ccc(NCc3ccncc3)nn2)cc1Br. The number of anilines is 2. The molecule has 0 radical (unpaired) electrons. The molecule has 2 N–H and O–H groups in total. The summed E-state index contributed by atoms with van der Waals surface area (Å²) in [6.45, 7) is 2.60. The summed E-state index contributed by atoms with van der Waals surface area (Å²) in [4.78, 5) is 16.2. The van der Waals surface area contributed by atoms with Crippen molar-refractivity contribution >= 4 is 33.3 Å². The Morgan fingerprint density at radius 3 is 2.56 bits per heavy atom. The highest BCUT2D eigenvalue weighted by atomic mass is 79.9. The van der Waals surface area contributed by atoms with Gasteiger partial charge in [-0.05, 0) is 54.4 Å². The molecule has 0 fully saturated rings. The van der Waals surface area contributed by atoms with Gasteiger partial charge in [-0.2, -0.15) is 0 Å². The maximum Gasteiger partial charge on any atom is 0.276 e. The summed E-state index contributed by atoms with van der Waals surface area (Å²) in [5.74, 6) is 0.301. The van der Waals surface area contributed by atoms with E-state index in [1.807, 2.05) is 37.3 Å². The summed E-state index contributed by atoms with van der Waals surface area (Å²) in [5, 5.41) is 14.0. The number of aromatic nitrogens is 3. The van der Waals surface area contributed by atoms with E-state index < -0.39 is 0 Å². The number of nitrogens with one attached hydrogen (secondary N) is 2. The van der Waals surface area contributed by atoms with Gasteiger partial charge in [0.15, 0.2) is 5.69 Å². The number of benzene rings is 1. The number of carbonyl (C=O) groups excluding carboxylic acids is 1. The van der Waals surface area contributed by atoms with Gasteiger partial charge in [0.1, 0.15) is 5.82 Å². The molecule has 6 nitrogen and oxygen atoms in total. The molecular formula is C18H16BrN5O. The molecule has 25 heavy (non-hydrogen) atoms.